The van der Waals surface area contributed by atoms with Gasteiger partial charge in [-0.25, -0.2) is 4.79 Å². The van der Waals surface area contributed by atoms with Crippen molar-refractivity contribution in [2.75, 3.05) is 32.8 Å². The van der Waals surface area contributed by atoms with Gasteiger partial charge >= 0.3 is 6.09 Å². The average molecular weight is 387 g/mol. The summed E-state index contributed by atoms with van der Waals surface area (Å²) in [6.45, 7) is 7.72. The third kappa shape index (κ3) is 6.72. The van der Waals surface area contributed by atoms with Gasteiger partial charge < -0.3 is 19.9 Å². The van der Waals surface area contributed by atoms with Gasteiger partial charge in [-0.3, -0.25) is 9.59 Å². The molecule has 1 heterocycles. The van der Waals surface area contributed by atoms with Crippen LogP contribution in [0.5, 0.6) is 0 Å². The number of nitrogens with one attached hydrogen (secondary N) is 1. The third-order valence-electron chi connectivity index (χ3n) is 4.35. The van der Waals surface area contributed by atoms with Crippen molar-refractivity contribution in [1.29, 1.82) is 0 Å². The molecule has 1 fully saturated rings. The van der Waals surface area contributed by atoms with E-state index < -0.39 is 6.04 Å². The maximum absolute atomic E-state index is 12.6. The van der Waals surface area contributed by atoms with Crippen molar-refractivity contribution in [2.24, 2.45) is 5.92 Å². The summed E-state index contributed by atoms with van der Waals surface area (Å²) < 4.78 is 5.22. The van der Waals surface area contributed by atoms with Crippen LogP contribution < -0.4 is 5.32 Å². The normalized spacial score (nSPS) is 15.6. The van der Waals surface area contributed by atoms with E-state index in [-0.39, 0.29) is 23.8 Å². The van der Waals surface area contributed by atoms with E-state index in [0.29, 0.717) is 32.8 Å². The summed E-state index contributed by atoms with van der Waals surface area (Å²) in [6, 6.07) is 8.84. The van der Waals surface area contributed by atoms with Gasteiger partial charge in [-0.2, -0.15) is 0 Å². The Kier molecular flexibility index (Phi) is 8.04. The maximum Gasteiger partial charge on any atom is 0.409 e. The van der Waals surface area contributed by atoms with E-state index in [0.717, 1.165) is 5.56 Å². The van der Waals surface area contributed by atoms with Crippen molar-refractivity contribution in [3.63, 3.8) is 0 Å². The summed E-state index contributed by atoms with van der Waals surface area (Å²) in [7, 11) is 0. The molecule has 1 atom stereocenters. The number of carbonyl (C=O) groups is 3. The Labute approximate surface area is 166 Å². The molecule has 152 valence electrons. The monoisotopic (exact) mass is 387 g/mol. The van der Waals surface area contributed by atoms with E-state index in [1.807, 2.05) is 44.2 Å². The minimum absolute atomic E-state index is 0.156. The highest BCUT2D eigenvalue weighted by Crippen LogP contribution is 2.07. The lowest BCUT2D eigenvalue weighted by atomic mass is 10.2. The lowest BCUT2D eigenvalue weighted by molar-refractivity contribution is -0.136. The fraction of sp³-hybridized carbons (Fsp3) is 0.476. The lowest BCUT2D eigenvalue weighted by Gasteiger charge is -2.35. The number of nitrogens with zero attached hydrogens (tertiary/aromatic N) is 2. The highest BCUT2D eigenvalue weighted by atomic mass is 16.6. The summed E-state index contributed by atoms with van der Waals surface area (Å²) in [4.78, 5) is 39.9. The van der Waals surface area contributed by atoms with Gasteiger partial charge in [-0.15, -0.1) is 0 Å². The minimum atomic E-state index is -0.632. The highest BCUT2D eigenvalue weighted by molar-refractivity contribution is 5.95. The number of hydrogen-bond acceptors (Lipinski definition) is 4. The molecule has 0 radical (unpaired) electrons. The Hall–Kier alpha value is -2.83. The molecule has 1 aliphatic rings. The second kappa shape index (κ2) is 10.5. The van der Waals surface area contributed by atoms with Crippen LogP contribution in [0.25, 0.3) is 6.08 Å². The number of benzene rings is 1. The van der Waals surface area contributed by atoms with Crippen LogP contribution in [-0.4, -0.2) is 66.5 Å². The van der Waals surface area contributed by atoms with Crippen LogP contribution in [-0.2, 0) is 14.3 Å². The van der Waals surface area contributed by atoms with Crippen LogP contribution in [0.15, 0.2) is 36.4 Å². The number of amides is 3. The molecule has 0 bridgehead atoms. The first kappa shape index (κ1) is 21.5. The van der Waals surface area contributed by atoms with Crippen molar-refractivity contribution in [3.8, 4) is 0 Å². The second-order valence-corrected chi connectivity index (χ2v) is 7.26. The summed E-state index contributed by atoms with van der Waals surface area (Å²) >= 11 is 0. The SMILES string of the molecule is CC(C)COC(=O)N1CCN(C(=O)C(C)NC(=O)/C=C/c2ccccc2)CC1. The van der Waals surface area contributed by atoms with E-state index >= 15 is 0 Å². The van der Waals surface area contributed by atoms with Crippen molar-refractivity contribution in [3.05, 3.63) is 42.0 Å². The Morgan fingerprint density at radius 1 is 1.04 bits per heavy atom. The van der Waals surface area contributed by atoms with E-state index in [1.165, 1.54) is 6.08 Å². The minimum Gasteiger partial charge on any atom is -0.449 e. The molecule has 1 unspecified atom stereocenters. The van der Waals surface area contributed by atoms with Gasteiger partial charge in [-0.1, -0.05) is 44.2 Å². The molecular weight excluding hydrogens is 358 g/mol. The van der Waals surface area contributed by atoms with E-state index in [9.17, 15) is 14.4 Å². The summed E-state index contributed by atoms with van der Waals surface area (Å²) in [5, 5.41) is 2.69. The van der Waals surface area contributed by atoms with E-state index in [1.54, 1.807) is 22.8 Å². The number of ether oxygens (including phenoxy) is 1. The fourth-order valence-electron chi connectivity index (χ4n) is 2.77. The summed E-state index contributed by atoms with van der Waals surface area (Å²) in [5.41, 5.74) is 0.914. The summed E-state index contributed by atoms with van der Waals surface area (Å²) in [6.07, 6.45) is 2.78. The second-order valence-electron chi connectivity index (χ2n) is 7.26. The molecule has 3 amide bonds. The Balaban J connectivity index is 1.77. The van der Waals surface area contributed by atoms with Gasteiger partial charge in [0, 0.05) is 32.3 Å². The third-order valence-corrected chi connectivity index (χ3v) is 4.35. The zero-order chi connectivity index (χ0) is 20.5. The number of piperazine rings is 1. The van der Waals surface area contributed by atoms with Gasteiger partial charge in [0.2, 0.25) is 11.8 Å². The molecule has 1 aromatic rings. The first-order valence-corrected chi connectivity index (χ1v) is 9.61. The van der Waals surface area contributed by atoms with Gasteiger partial charge in [0.15, 0.2) is 0 Å². The number of rotatable bonds is 6. The first-order valence-electron chi connectivity index (χ1n) is 9.61. The van der Waals surface area contributed by atoms with Crippen LogP contribution in [0.2, 0.25) is 0 Å². The molecule has 28 heavy (non-hydrogen) atoms. The van der Waals surface area contributed by atoms with Crippen LogP contribution in [0.4, 0.5) is 4.79 Å². The summed E-state index contributed by atoms with van der Waals surface area (Å²) in [5.74, 6) is -0.190. The quantitative estimate of drug-likeness (QED) is 0.759. The molecular formula is C21H29N3O4. The largest absolute Gasteiger partial charge is 0.449 e. The molecule has 1 N–H and O–H groups in total. The van der Waals surface area contributed by atoms with Crippen molar-refractivity contribution >= 4 is 24.0 Å². The molecule has 0 aromatic heterocycles. The smallest absolute Gasteiger partial charge is 0.409 e. The molecule has 2 rings (SSSR count). The van der Waals surface area contributed by atoms with Crippen molar-refractivity contribution in [2.45, 2.75) is 26.8 Å². The molecule has 0 spiro atoms. The molecule has 1 saturated heterocycles. The first-order chi connectivity index (χ1) is 13.4. The van der Waals surface area contributed by atoms with E-state index in [2.05, 4.69) is 5.32 Å². The highest BCUT2D eigenvalue weighted by Gasteiger charge is 2.28. The zero-order valence-corrected chi connectivity index (χ0v) is 16.8. The van der Waals surface area contributed by atoms with Crippen LogP contribution in [0, 0.1) is 5.92 Å². The Morgan fingerprint density at radius 3 is 2.25 bits per heavy atom. The maximum atomic E-state index is 12.6. The molecule has 7 nitrogen and oxygen atoms in total. The van der Waals surface area contributed by atoms with Gasteiger partial charge in [0.25, 0.3) is 0 Å². The molecule has 0 saturated carbocycles. The predicted octanol–water partition coefficient (Wildman–Crippen LogP) is 2.14. The van der Waals surface area contributed by atoms with Gasteiger partial charge in [0.05, 0.1) is 6.61 Å². The van der Waals surface area contributed by atoms with Crippen molar-refractivity contribution in [1.82, 2.24) is 15.1 Å². The fourth-order valence-corrected chi connectivity index (χ4v) is 2.77. The van der Waals surface area contributed by atoms with Gasteiger partial charge in [0.1, 0.15) is 6.04 Å². The lowest BCUT2D eigenvalue weighted by Crippen LogP contribution is -2.55. The number of hydrogen-bond donors (Lipinski definition) is 1. The topological polar surface area (TPSA) is 79.0 Å². The molecule has 0 aliphatic carbocycles. The van der Waals surface area contributed by atoms with E-state index in [4.69, 9.17) is 4.74 Å². The van der Waals surface area contributed by atoms with Crippen LogP contribution >= 0.6 is 0 Å². The predicted molar refractivity (Wildman–Crippen MR) is 107 cm³/mol. The zero-order valence-electron chi connectivity index (χ0n) is 16.8. The molecule has 1 aliphatic heterocycles. The standard InChI is InChI=1S/C21H29N3O4/c1-16(2)15-28-21(27)24-13-11-23(12-14-24)20(26)17(3)22-19(25)10-9-18-7-5-4-6-8-18/h4-10,16-17H,11-15H2,1-3H3,(H,22,25)/b10-9+. The molecule has 7 heteroatoms. The average Bonchev–Trinajstić information content (AvgIpc) is 2.70. The van der Waals surface area contributed by atoms with Gasteiger partial charge in [-0.05, 0) is 24.5 Å². The number of carbonyl (C=O) groups excluding carboxylic acids is 3. The Morgan fingerprint density at radius 2 is 1.64 bits per heavy atom. The van der Waals surface area contributed by atoms with Crippen molar-refractivity contribution < 1.29 is 19.1 Å². The molecule has 1 aromatic carbocycles. The van der Waals surface area contributed by atoms with Crippen LogP contribution in [0.1, 0.15) is 26.3 Å². The van der Waals surface area contributed by atoms with Crippen LogP contribution in [0.3, 0.4) is 0 Å². The Bertz CT molecular complexity index is 695.